The lowest BCUT2D eigenvalue weighted by atomic mass is 10.1. The van der Waals surface area contributed by atoms with E-state index in [1.54, 1.807) is 24.5 Å². The lowest BCUT2D eigenvalue weighted by Gasteiger charge is -2.23. The number of aromatic nitrogens is 1. The molecule has 6 heteroatoms. The Balaban J connectivity index is 2.05. The summed E-state index contributed by atoms with van der Waals surface area (Å²) in [6, 6.07) is 11.3. The maximum atomic E-state index is 10.3. The van der Waals surface area contributed by atoms with Crippen molar-refractivity contribution in [1.29, 1.82) is 0 Å². The Labute approximate surface area is 148 Å². The lowest BCUT2D eigenvalue weighted by molar-refractivity contribution is 0.186. The first kappa shape index (κ1) is 18.2. The lowest BCUT2D eigenvalue weighted by Crippen LogP contribution is -2.38. The molecule has 1 aromatic heterocycles. The van der Waals surface area contributed by atoms with Crippen LogP contribution in [0.25, 0.3) is 0 Å². The van der Waals surface area contributed by atoms with Crippen LogP contribution in [0.15, 0.2) is 53.8 Å². The summed E-state index contributed by atoms with van der Waals surface area (Å²) in [5.41, 5.74) is 1.83. The third-order valence-corrected chi connectivity index (χ3v) is 3.94. The van der Waals surface area contributed by atoms with Gasteiger partial charge in [-0.3, -0.25) is 9.98 Å². The fourth-order valence-electron chi connectivity index (χ4n) is 2.29. The number of guanidine groups is 1. The number of aliphatic imine (C=N–C) groups is 1. The molecule has 24 heavy (non-hydrogen) atoms. The van der Waals surface area contributed by atoms with Crippen LogP contribution in [0.1, 0.15) is 24.2 Å². The minimum absolute atomic E-state index is 0.277. The van der Waals surface area contributed by atoms with Gasteiger partial charge in [0.15, 0.2) is 5.96 Å². The van der Waals surface area contributed by atoms with Crippen LogP contribution >= 0.6 is 11.6 Å². The Morgan fingerprint density at radius 3 is 2.67 bits per heavy atom. The van der Waals surface area contributed by atoms with Gasteiger partial charge < -0.3 is 15.3 Å². The zero-order valence-electron chi connectivity index (χ0n) is 14.0. The Hall–Kier alpha value is -2.11. The van der Waals surface area contributed by atoms with Crippen molar-refractivity contribution in [2.75, 3.05) is 20.1 Å². The van der Waals surface area contributed by atoms with Gasteiger partial charge in [-0.2, -0.15) is 0 Å². The van der Waals surface area contributed by atoms with Crippen molar-refractivity contribution in [1.82, 2.24) is 15.2 Å². The monoisotopic (exact) mass is 346 g/mol. The van der Waals surface area contributed by atoms with Crippen LogP contribution in [0.2, 0.25) is 5.02 Å². The summed E-state index contributed by atoms with van der Waals surface area (Å²) < 4.78 is 0. The molecule has 0 spiro atoms. The average Bonchev–Trinajstić information content (AvgIpc) is 2.61. The van der Waals surface area contributed by atoms with Crippen LogP contribution in [0.3, 0.4) is 0 Å². The minimum atomic E-state index is -0.657. The van der Waals surface area contributed by atoms with E-state index < -0.39 is 6.10 Å². The molecule has 1 atom stereocenters. The van der Waals surface area contributed by atoms with E-state index in [0.717, 1.165) is 28.7 Å². The van der Waals surface area contributed by atoms with Crippen LogP contribution in [0.5, 0.6) is 0 Å². The number of aliphatic hydroxyl groups is 1. The molecule has 1 aromatic carbocycles. The van der Waals surface area contributed by atoms with E-state index in [1.807, 2.05) is 43.1 Å². The molecule has 0 saturated carbocycles. The van der Waals surface area contributed by atoms with Crippen molar-refractivity contribution in [2.24, 2.45) is 4.99 Å². The van der Waals surface area contributed by atoms with Gasteiger partial charge in [0, 0.05) is 37.6 Å². The van der Waals surface area contributed by atoms with E-state index in [2.05, 4.69) is 15.3 Å². The van der Waals surface area contributed by atoms with Crippen LogP contribution in [0, 0.1) is 0 Å². The molecule has 0 fully saturated rings. The predicted octanol–water partition coefficient (Wildman–Crippen LogP) is 2.87. The molecule has 2 N–H and O–H groups in total. The first-order valence-electron chi connectivity index (χ1n) is 7.92. The second kappa shape index (κ2) is 9.25. The van der Waals surface area contributed by atoms with E-state index in [9.17, 15) is 5.11 Å². The molecular formula is C18H23ClN4O. The standard InChI is InChI=1S/C18H23ClN4O/c1-3-21-18(22-12-17(24)14-8-10-20-11-9-14)23(2)13-15-6-4-5-7-16(15)19/h4-11,17,24H,3,12-13H2,1-2H3,(H,21,22). The van der Waals surface area contributed by atoms with Gasteiger partial charge in [0.25, 0.3) is 0 Å². The highest BCUT2D eigenvalue weighted by Gasteiger charge is 2.11. The van der Waals surface area contributed by atoms with Gasteiger partial charge in [-0.15, -0.1) is 0 Å². The fourth-order valence-corrected chi connectivity index (χ4v) is 2.49. The number of aliphatic hydroxyl groups excluding tert-OH is 1. The highest BCUT2D eigenvalue weighted by atomic mass is 35.5. The third kappa shape index (κ3) is 5.22. The number of rotatable bonds is 6. The predicted molar refractivity (Wildman–Crippen MR) is 98.1 cm³/mol. The van der Waals surface area contributed by atoms with Crippen molar-refractivity contribution in [3.8, 4) is 0 Å². The van der Waals surface area contributed by atoms with Crippen LogP contribution in [-0.4, -0.2) is 41.1 Å². The number of halogens is 1. The van der Waals surface area contributed by atoms with E-state index in [4.69, 9.17) is 11.6 Å². The van der Waals surface area contributed by atoms with Gasteiger partial charge in [0.1, 0.15) is 0 Å². The van der Waals surface area contributed by atoms with Gasteiger partial charge in [-0.1, -0.05) is 29.8 Å². The van der Waals surface area contributed by atoms with Gasteiger partial charge in [0.2, 0.25) is 0 Å². The summed E-state index contributed by atoms with van der Waals surface area (Å²) in [5, 5.41) is 14.2. The second-order valence-electron chi connectivity index (χ2n) is 5.44. The fraction of sp³-hybridized carbons (Fsp3) is 0.333. The van der Waals surface area contributed by atoms with Crippen molar-refractivity contribution in [3.05, 3.63) is 64.9 Å². The number of hydrogen-bond acceptors (Lipinski definition) is 3. The van der Waals surface area contributed by atoms with Crippen molar-refractivity contribution in [2.45, 2.75) is 19.6 Å². The summed E-state index contributed by atoms with van der Waals surface area (Å²) in [7, 11) is 1.95. The molecule has 1 unspecified atom stereocenters. The van der Waals surface area contributed by atoms with Crippen LogP contribution < -0.4 is 5.32 Å². The molecule has 1 heterocycles. The summed E-state index contributed by atoms with van der Waals surface area (Å²) in [6.07, 6.45) is 2.67. The molecule has 2 aromatic rings. The van der Waals surface area contributed by atoms with E-state index in [0.29, 0.717) is 6.54 Å². The molecule has 0 saturated heterocycles. The number of pyridine rings is 1. The molecule has 0 amide bonds. The highest BCUT2D eigenvalue weighted by Crippen LogP contribution is 2.17. The summed E-state index contributed by atoms with van der Waals surface area (Å²) >= 11 is 6.22. The molecule has 0 aliphatic rings. The molecule has 5 nitrogen and oxygen atoms in total. The maximum Gasteiger partial charge on any atom is 0.194 e. The Bertz CT molecular complexity index is 663. The van der Waals surface area contributed by atoms with Gasteiger partial charge in [-0.05, 0) is 36.2 Å². The normalized spacial score (nSPS) is 12.8. The van der Waals surface area contributed by atoms with Crippen LogP contribution in [0.4, 0.5) is 0 Å². The first-order valence-corrected chi connectivity index (χ1v) is 8.30. The quantitative estimate of drug-likeness (QED) is 0.623. The number of nitrogens with one attached hydrogen (secondary N) is 1. The Morgan fingerprint density at radius 1 is 1.29 bits per heavy atom. The van der Waals surface area contributed by atoms with E-state index in [1.165, 1.54) is 0 Å². The Kier molecular flexibility index (Phi) is 7.03. The highest BCUT2D eigenvalue weighted by molar-refractivity contribution is 6.31. The largest absolute Gasteiger partial charge is 0.386 e. The molecule has 0 aliphatic heterocycles. The molecule has 0 bridgehead atoms. The molecule has 2 rings (SSSR count). The van der Waals surface area contributed by atoms with Gasteiger partial charge in [0.05, 0.1) is 12.6 Å². The maximum absolute atomic E-state index is 10.3. The van der Waals surface area contributed by atoms with Crippen molar-refractivity contribution >= 4 is 17.6 Å². The number of benzene rings is 1. The summed E-state index contributed by atoms with van der Waals surface area (Å²) in [5.74, 6) is 0.727. The molecular weight excluding hydrogens is 324 g/mol. The molecule has 0 radical (unpaired) electrons. The average molecular weight is 347 g/mol. The topological polar surface area (TPSA) is 60.8 Å². The number of hydrogen-bond donors (Lipinski definition) is 2. The minimum Gasteiger partial charge on any atom is -0.386 e. The molecule has 128 valence electrons. The van der Waals surface area contributed by atoms with E-state index in [-0.39, 0.29) is 6.54 Å². The van der Waals surface area contributed by atoms with Crippen LogP contribution in [-0.2, 0) is 6.54 Å². The third-order valence-electron chi connectivity index (χ3n) is 3.57. The van der Waals surface area contributed by atoms with Gasteiger partial charge in [-0.25, -0.2) is 0 Å². The molecule has 0 aliphatic carbocycles. The SMILES string of the molecule is CCNC(=NCC(O)c1ccncc1)N(C)Cc1ccccc1Cl. The zero-order chi connectivity index (χ0) is 17.4. The number of nitrogens with zero attached hydrogens (tertiary/aromatic N) is 3. The second-order valence-corrected chi connectivity index (χ2v) is 5.85. The van der Waals surface area contributed by atoms with Crippen molar-refractivity contribution in [3.63, 3.8) is 0 Å². The first-order chi connectivity index (χ1) is 11.6. The van der Waals surface area contributed by atoms with E-state index >= 15 is 0 Å². The zero-order valence-corrected chi connectivity index (χ0v) is 14.7. The van der Waals surface area contributed by atoms with Crippen molar-refractivity contribution < 1.29 is 5.11 Å². The summed E-state index contributed by atoms with van der Waals surface area (Å²) in [6.45, 7) is 3.67. The smallest absolute Gasteiger partial charge is 0.194 e. The Morgan fingerprint density at radius 2 is 2.00 bits per heavy atom. The van der Waals surface area contributed by atoms with Gasteiger partial charge >= 0.3 is 0 Å². The summed E-state index contributed by atoms with van der Waals surface area (Å²) in [4.78, 5) is 10.5.